The zero-order valence-corrected chi connectivity index (χ0v) is 19.9. The molecule has 0 bridgehead atoms. The third-order valence-electron chi connectivity index (χ3n) is 2.61. The lowest BCUT2D eigenvalue weighted by molar-refractivity contribution is -0.138. The summed E-state index contributed by atoms with van der Waals surface area (Å²) in [6.45, 7) is 7.35. The van der Waals surface area contributed by atoms with E-state index in [1.54, 1.807) is 11.8 Å². The number of esters is 2. The monoisotopic (exact) mass is 508 g/mol. The van der Waals surface area contributed by atoms with E-state index in [1.807, 2.05) is 0 Å². The van der Waals surface area contributed by atoms with Crippen LogP contribution in [0.4, 0.5) is 0 Å². The van der Waals surface area contributed by atoms with Crippen molar-refractivity contribution in [1.29, 1.82) is 0 Å². The molecule has 0 saturated carbocycles. The Kier molecular flexibility index (Phi) is 11.7. The van der Waals surface area contributed by atoms with Gasteiger partial charge in [0.25, 0.3) is 0 Å². The van der Waals surface area contributed by atoms with Crippen molar-refractivity contribution in [2.75, 3.05) is 24.7 Å². The molecule has 0 saturated heterocycles. The molecule has 0 spiro atoms. The fourth-order valence-corrected chi connectivity index (χ4v) is 7.68. The molecule has 0 aliphatic rings. The van der Waals surface area contributed by atoms with Crippen molar-refractivity contribution in [3.8, 4) is 0 Å². The highest BCUT2D eigenvalue weighted by Crippen LogP contribution is 2.42. The molecular weight excluding hydrogens is 493 g/mol. The summed E-state index contributed by atoms with van der Waals surface area (Å²) in [6, 6.07) is 0. The van der Waals surface area contributed by atoms with E-state index in [4.69, 9.17) is 9.47 Å². The summed E-state index contributed by atoms with van der Waals surface area (Å²) in [5.74, 6) is 0.559. The molecule has 0 unspecified atom stereocenters. The molecule has 0 atom stereocenters. The van der Waals surface area contributed by atoms with Crippen LogP contribution in [0.1, 0.15) is 6.42 Å². The fourth-order valence-electron chi connectivity index (χ4n) is 1.43. The van der Waals surface area contributed by atoms with Crippen LogP contribution in [0, 0.1) is 0 Å². The standard InChI is InChI=1S/C15H16N4O4S6/c1-3-10(20)22-6-5-8-24-12-16-18-14(26-12)28-29-15-19-17-13(27-15)25-9-7-23-11(21)4-2/h3-4H,1-2,5-9H2. The van der Waals surface area contributed by atoms with Gasteiger partial charge >= 0.3 is 11.9 Å². The summed E-state index contributed by atoms with van der Waals surface area (Å²) < 4.78 is 13.2. The zero-order valence-electron chi connectivity index (χ0n) is 15.0. The van der Waals surface area contributed by atoms with Crippen LogP contribution in [0.15, 0.2) is 42.7 Å². The Hall–Kier alpha value is -1.06. The minimum Gasteiger partial charge on any atom is -0.463 e. The lowest BCUT2D eigenvalue weighted by Gasteiger charge is -1.99. The number of hydrogen-bond donors (Lipinski definition) is 0. The van der Waals surface area contributed by atoms with Crippen molar-refractivity contribution >= 4 is 79.7 Å². The first kappa shape index (κ1) is 24.2. The topological polar surface area (TPSA) is 104 Å². The minimum absolute atomic E-state index is 0.300. The number of thioether (sulfide) groups is 2. The van der Waals surface area contributed by atoms with E-state index in [2.05, 4.69) is 33.6 Å². The predicted molar refractivity (Wildman–Crippen MR) is 120 cm³/mol. The van der Waals surface area contributed by atoms with E-state index in [9.17, 15) is 9.59 Å². The number of rotatable bonds is 14. The van der Waals surface area contributed by atoms with Gasteiger partial charge in [-0.2, -0.15) is 0 Å². The molecule has 0 aliphatic carbocycles. The van der Waals surface area contributed by atoms with E-state index < -0.39 is 11.9 Å². The van der Waals surface area contributed by atoms with E-state index in [1.165, 1.54) is 56.0 Å². The number of nitrogens with zero attached hydrogens (tertiary/aromatic N) is 4. The van der Waals surface area contributed by atoms with E-state index in [0.717, 1.165) is 41.7 Å². The first-order valence-electron chi connectivity index (χ1n) is 7.96. The maximum atomic E-state index is 11.0. The van der Waals surface area contributed by atoms with Gasteiger partial charge in [-0.3, -0.25) is 0 Å². The van der Waals surface area contributed by atoms with Gasteiger partial charge in [0.05, 0.1) is 6.61 Å². The molecule has 29 heavy (non-hydrogen) atoms. The predicted octanol–water partition coefficient (Wildman–Crippen LogP) is 4.22. The lowest BCUT2D eigenvalue weighted by atomic mass is 10.5. The molecule has 2 aromatic heterocycles. The number of carbonyl (C=O) groups is 2. The van der Waals surface area contributed by atoms with Gasteiger partial charge in [0.15, 0.2) is 17.4 Å². The Labute approximate surface area is 192 Å². The van der Waals surface area contributed by atoms with Crippen molar-refractivity contribution in [3.63, 3.8) is 0 Å². The van der Waals surface area contributed by atoms with Crippen LogP contribution in [0.5, 0.6) is 0 Å². The molecule has 2 rings (SSSR count). The Morgan fingerprint density at radius 1 is 0.793 bits per heavy atom. The fraction of sp³-hybridized carbons (Fsp3) is 0.333. The number of aromatic nitrogens is 4. The molecule has 0 aliphatic heterocycles. The molecule has 156 valence electrons. The number of carbonyl (C=O) groups excluding carboxylic acids is 2. The third kappa shape index (κ3) is 10.00. The summed E-state index contributed by atoms with van der Waals surface area (Å²) >= 11 is 6.03. The normalized spacial score (nSPS) is 10.5. The molecule has 8 nitrogen and oxygen atoms in total. The second-order valence-electron chi connectivity index (χ2n) is 4.63. The second-order valence-corrected chi connectivity index (χ2v) is 11.9. The lowest BCUT2D eigenvalue weighted by Crippen LogP contribution is -2.03. The van der Waals surface area contributed by atoms with Crippen molar-refractivity contribution in [2.24, 2.45) is 0 Å². The first-order chi connectivity index (χ1) is 14.1. The Morgan fingerprint density at radius 3 is 1.83 bits per heavy atom. The maximum absolute atomic E-state index is 11.0. The molecule has 0 radical (unpaired) electrons. The van der Waals surface area contributed by atoms with Crippen LogP contribution in [0.2, 0.25) is 0 Å². The largest absolute Gasteiger partial charge is 0.463 e. The van der Waals surface area contributed by atoms with Crippen LogP contribution < -0.4 is 0 Å². The summed E-state index contributed by atoms with van der Waals surface area (Å²) in [4.78, 5) is 21.9. The van der Waals surface area contributed by atoms with Gasteiger partial charge < -0.3 is 9.47 Å². The quantitative estimate of drug-likeness (QED) is 0.120. The summed E-state index contributed by atoms with van der Waals surface area (Å²) in [5.41, 5.74) is 0. The van der Waals surface area contributed by atoms with Crippen molar-refractivity contribution < 1.29 is 19.1 Å². The van der Waals surface area contributed by atoms with Crippen molar-refractivity contribution in [2.45, 2.75) is 23.8 Å². The van der Waals surface area contributed by atoms with Gasteiger partial charge in [0, 0.05) is 23.7 Å². The highest BCUT2D eigenvalue weighted by Gasteiger charge is 2.10. The van der Waals surface area contributed by atoms with Crippen LogP contribution in [0.3, 0.4) is 0 Å². The molecule has 2 heterocycles. The van der Waals surface area contributed by atoms with Gasteiger partial charge in [-0.25, -0.2) is 9.59 Å². The SMILES string of the molecule is C=CC(=O)OCCCSc1nnc(SSc2nnc(SCCOC(=O)C=C)s2)s1. The summed E-state index contributed by atoms with van der Waals surface area (Å²) in [7, 11) is 2.95. The summed E-state index contributed by atoms with van der Waals surface area (Å²) in [5, 5.41) is 16.5. The van der Waals surface area contributed by atoms with Crippen LogP contribution in [-0.4, -0.2) is 57.1 Å². The average Bonchev–Trinajstić information content (AvgIpc) is 3.38. The van der Waals surface area contributed by atoms with Gasteiger partial charge in [-0.1, -0.05) is 59.4 Å². The Bertz CT molecular complexity index is 827. The number of hydrogen-bond acceptors (Lipinski definition) is 14. The summed E-state index contributed by atoms with van der Waals surface area (Å²) in [6.07, 6.45) is 3.03. The van der Waals surface area contributed by atoms with Gasteiger partial charge in [0.2, 0.25) is 0 Å². The first-order valence-corrected chi connectivity index (χ1v) is 13.7. The van der Waals surface area contributed by atoms with Crippen molar-refractivity contribution in [1.82, 2.24) is 20.4 Å². The smallest absolute Gasteiger partial charge is 0.330 e. The third-order valence-corrected chi connectivity index (χ3v) is 9.72. The van der Waals surface area contributed by atoms with Crippen LogP contribution >= 0.6 is 67.8 Å². The van der Waals surface area contributed by atoms with Gasteiger partial charge in [-0.05, 0) is 28.0 Å². The van der Waals surface area contributed by atoms with Gasteiger partial charge in [-0.15, -0.1) is 20.4 Å². The maximum Gasteiger partial charge on any atom is 0.330 e. The molecule has 0 amide bonds. The Morgan fingerprint density at radius 2 is 1.28 bits per heavy atom. The Balaban J connectivity index is 1.63. The van der Waals surface area contributed by atoms with E-state index >= 15 is 0 Å². The van der Waals surface area contributed by atoms with Gasteiger partial charge in [0.1, 0.15) is 6.61 Å². The second kappa shape index (κ2) is 14.0. The zero-order chi connectivity index (χ0) is 20.9. The molecule has 2 aromatic rings. The molecule has 0 fully saturated rings. The van der Waals surface area contributed by atoms with Crippen molar-refractivity contribution in [3.05, 3.63) is 25.3 Å². The highest BCUT2D eigenvalue weighted by molar-refractivity contribution is 8.77. The van der Waals surface area contributed by atoms with Crippen LogP contribution in [0.25, 0.3) is 0 Å². The molecule has 14 heteroatoms. The highest BCUT2D eigenvalue weighted by atomic mass is 33.1. The van der Waals surface area contributed by atoms with E-state index in [-0.39, 0.29) is 0 Å². The average molecular weight is 509 g/mol. The molecular formula is C15H16N4O4S6. The molecule has 0 aromatic carbocycles. The molecule has 0 N–H and O–H groups in total. The van der Waals surface area contributed by atoms with Crippen LogP contribution in [-0.2, 0) is 19.1 Å². The van der Waals surface area contributed by atoms with E-state index in [0.29, 0.717) is 19.0 Å². The number of ether oxygens (including phenoxy) is 2. The minimum atomic E-state index is -0.429.